The molecule has 0 saturated heterocycles. The number of nitrogens with zero attached hydrogens (tertiary/aromatic N) is 2. The summed E-state index contributed by atoms with van der Waals surface area (Å²) in [5.74, 6) is 0.102. The fourth-order valence-electron chi connectivity index (χ4n) is 2.23. The Kier molecular flexibility index (Phi) is 2.80. The molecule has 1 aliphatic heterocycles. The summed E-state index contributed by atoms with van der Waals surface area (Å²) in [4.78, 5) is 20.8. The van der Waals surface area contributed by atoms with Gasteiger partial charge in [0.25, 0.3) is 0 Å². The van der Waals surface area contributed by atoms with E-state index in [1.165, 1.54) is 0 Å². The number of amides is 1. The highest BCUT2D eigenvalue weighted by atomic mass is 35.5. The topological polar surface area (TPSA) is 49.0 Å². The van der Waals surface area contributed by atoms with E-state index < -0.39 is 0 Å². The second kappa shape index (κ2) is 4.46. The summed E-state index contributed by atoms with van der Waals surface area (Å²) >= 11 is 6.11. The minimum absolute atomic E-state index is 0.102. The van der Waals surface area contributed by atoms with Crippen LogP contribution in [0.25, 0.3) is 0 Å². The number of hydrogen-bond acceptors (Lipinski definition) is 2. The molecule has 18 heavy (non-hydrogen) atoms. The summed E-state index contributed by atoms with van der Waals surface area (Å²) in [7, 11) is 0. The van der Waals surface area contributed by atoms with E-state index in [0.717, 1.165) is 16.8 Å². The number of imidazole rings is 1. The number of H-pyrrole nitrogens is 1. The predicted molar refractivity (Wildman–Crippen MR) is 68.0 cm³/mol. The molecule has 0 unspecified atom stereocenters. The number of nitrogens with one attached hydrogen (secondary N) is 1. The van der Waals surface area contributed by atoms with Gasteiger partial charge in [0, 0.05) is 17.8 Å². The largest absolute Gasteiger partial charge is 0.347 e. The number of rotatable bonds is 2. The Labute approximate surface area is 110 Å². The number of carbonyl (C=O) groups is 1. The van der Waals surface area contributed by atoms with Crippen molar-refractivity contribution in [1.29, 1.82) is 0 Å². The fourth-order valence-corrected chi connectivity index (χ4v) is 2.49. The highest BCUT2D eigenvalue weighted by Gasteiger charge is 2.24. The molecule has 1 aliphatic rings. The van der Waals surface area contributed by atoms with E-state index in [-0.39, 0.29) is 5.91 Å². The van der Waals surface area contributed by atoms with Crippen LogP contribution in [0.3, 0.4) is 0 Å². The Morgan fingerprint density at radius 3 is 3.11 bits per heavy atom. The maximum Gasteiger partial charge on any atom is 0.227 e. The third-order valence-electron chi connectivity index (χ3n) is 3.17. The van der Waals surface area contributed by atoms with Crippen LogP contribution in [0.5, 0.6) is 0 Å². The fraction of sp³-hybridized carbons (Fsp3) is 0.231. The van der Waals surface area contributed by atoms with Crippen molar-refractivity contribution in [3.8, 4) is 0 Å². The molecule has 3 rings (SSSR count). The summed E-state index contributed by atoms with van der Waals surface area (Å²) in [6.07, 6.45) is 3.73. The van der Waals surface area contributed by atoms with Crippen LogP contribution in [0, 0.1) is 0 Å². The highest BCUT2D eigenvalue weighted by Crippen LogP contribution is 2.27. The van der Waals surface area contributed by atoms with Gasteiger partial charge in [-0.3, -0.25) is 4.79 Å². The van der Waals surface area contributed by atoms with Crippen LogP contribution in [0.15, 0.2) is 30.7 Å². The van der Waals surface area contributed by atoms with Gasteiger partial charge in [-0.1, -0.05) is 23.7 Å². The van der Waals surface area contributed by atoms with Gasteiger partial charge in [0.1, 0.15) is 0 Å². The first-order valence-electron chi connectivity index (χ1n) is 5.75. The second-order valence-corrected chi connectivity index (χ2v) is 4.79. The predicted octanol–water partition coefficient (Wildman–Crippen LogP) is 2.15. The molecular weight excluding hydrogens is 250 g/mol. The lowest BCUT2D eigenvalue weighted by atomic mass is 9.99. The molecule has 0 spiro atoms. The van der Waals surface area contributed by atoms with Gasteiger partial charge in [0.05, 0.1) is 25.0 Å². The minimum Gasteiger partial charge on any atom is -0.347 e. The van der Waals surface area contributed by atoms with Gasteiger partial charge in [0.15, 0.2) is 0 Å². The third-order valence-corrected chi connectivity index (χ3v) is 3.53. The zero-order valence-corrected chi connectivity index (χ0v) is 10.4. The molecule has 1 amide bonds. The number of fused-ring (bicyclic) bond motifs is 1. The molecule has 0 bridgehead atoms. The molecule has 1 aromatic heterocycles. The minimum atomic E-state index is 0.102. The standard InChI is InChI=1S/C13H12ClN3O/c14-12-3-1-2-9-6-17(13(18)4-11(9)12)7-10-5-15-8-16-10/h1-3,5,8H,4,6-7H2,(H,15,16). The van der Waals surface area contributed by atoms with Crippen LogP contribution in [-0.4, -0.2) is 20.8 Å². The first-order chi connectivity index (χ1) is 8.74. The number of aromatic amines is 1. The van der Waals surface area contributed by atoms with Crippen molar-refractivity contribution >= 4 is 17.5 Å². The van der Waals surface area contributed by atoms with Gasteiger partial charge >= 0.3 is 0 Å². The molecular formula is C13H12ClN3O. The van der Waals surface area contributed by atoms with Crippen molar-refractivity contribution in [2.75, 3.05) is 0 Å². The van der Waals surface area contributed by atoms with Gasteiger partial charge in [-0.25, -0.2) is 4.98 Å². The first-order valence-corrected chi connectivity index (χ1v) is 6.13. The summed E-state index contributed by atoms with van der Waals surface area (Å²) in [6.45, 7) is 1.17. The molecule has 0 atom stereocenters. The summed E-state index contributed by atoms with van der Waals surface area (Å²) in [6, 6.07) is 5.77. The second-order valence-electron chi connectivity index (χ2n) is 4.38. The van der Waals surface area contributed by atoms with E-state index in [1.54, 1.807) is 12.5 Å². The van der Waals surface area contributed by atoms with Crippen molar-refractivity contribution in [1.82, 2.24) is 14.9 Å². The Hall–Kier alpha value is -1.81. The monoisotopic (exact) mass is 261 g/mol. The number of carbonyl (C=O) groups excluding carboxylic acids is 1. The first kappa shape index (κ1) is 11.3. The molecule has 0 saturated carbocycles. The Morgan fingerprint density at radius 1 is 1.44 bits per heavy atom. The maximum atomic E-state index is 12.1. The molecule has 0 fully saturated rings. The Bertz CT molecular complexity index is 580. The lowest BCUT2D eigenvalue weighted by molar-refractivity contribution is -0.132. The summed E-state index contributed by atoms with van der Waals surface area (Å²) < 4.78 is 0. The van der Waals surface area contributed by atoms with Crippen molar-refractivity contribution in [3.05, 3.63) is 52.6 Å². The quantitative estimate of drug-likeness (QED) is 0.901. The average Bonchev–Trinajstić information content (AvgIpc) is 2.84. The molecule has 2 heterocycles. The molecule has 5 heteroatoms. The van der Waals surface area contributed by atoms with Crippen molar-refractivity contribution in [2.24, 2.45) is 0 Å². The normalized spacial score (nSPS) is 14.7. The van der Waals surface area contributed by atoms with Gasteiger partial charge in [0.2, 0.25) is 5.91 Å². The van der Waals surface area contributed by atoms with Crippen molar-refractivity contribution in [2.45, 2.75) is 19.5 Å². The molecule has 4 nitrogen and oxygen atoms in total. The van der Waals surface area contributed by atoms with E-state index in [2.05, 4.69) is 9.97 Å². The van der Waals surface area contributed by atoms with E-state index in [1.807, 2.05) is 23.1 Å². The molecule has 2 aromatic rings. The van der Waals surface area contributed by atoms with E-state index in [4.69, 9.17) is 11.6 Å². The van der Waals surface area contributed by atoms with Gasteiger partial charge in [-0.05, 0) is 17.2 Å². The van der Waals surface area contributed by atoms with Gasteiger partial charge < -0.3 is 9.88 Å². The van der Waals surface area contributed by atoms with E-state index >= 15 is 0 Å². The molecule has 92 valence electrons. The van der Waals surface area contributed by atoms with Gasteiger partial charge in [-0.15, -0.1) is 0 Å². The number of halogens is 1. The van der Waals surface area contributed by atoms with Crippen LogP contribution in [0.1, 0.15) is 16.8 Å². The van der Waals surface area contributed by atoms with E-state index in [0.29, 0.717) is 24.5 Å². The van der Waals surface area contributed by atoms with Crippen molar-refractivity contribution < 1.29 is 4.79 Å². The zero-order valence-electron chi connectivity index (χ0n) is 9.69. The molecule has 1 N–H and O–H groups in total. The van der Waals surface area contributed by atoms with Crippen LogP contribution in [0.2, 0.25) is 5.02 Å². The summed E-state index contributed by atoms with van der Waals surface area (Å²) in [5.41, 5.74) is 3.03. The lowest BCUT2D eigenvalue weighted by Crippen LogP contribution is -2.35. The van der Waals surface area contributed by atoms with Crippen LogP contribution in [-0.2, 0) is 24.3 Å². The third kappa shape index (κ3) is 1.99. The highest BCUT2D eigenvalue weighted by molar-refractivity contribution is 6.31. The molecule has 0 radical (unpaired) electrons. The Morgan fingerprint density at radius 2 is 2.33 bits per heavy atom. The van der Waals surface area contributed by atoms with Crippen molar-refractivity contribution in [3.63, 3.8) is 0 Å². The lowest BCUT2D eigenvalue weighted by Gasteiger charge is -2.28. The molecule has 1 aromatic carbocycles. The number of aromatic nitrogens is 2. The number of hydrogen-bond donors (Lipinski definition) is 1. The Balaban J connectivity index is 1.86. The van der Waals surface area contributed by atoms with Crippen LogP contribution < -0.4 is 0 Å². The average molecular weight is 262 g/mol. The van der Waals surface area contributed by atoms with Crippen LogP contribution >= 0.6 is 11.6 Å². The zero-order chi connectivity index (χ0) is 12.5. The van der Waals surface area contributed by atoms with Gasteiger partial charge in [-0.2, -0.15) is 0 Å². The maximum absolute atomic E-state index is 12.1. The molecule has 0 aliphatic carbocycles. The number of benzene rings is 1. The van der Waals surface area contributed by atoms with E-state index in [9.17, 15) is 4.79 Å². The smallest absolute Gasteiger partial charge is 0.227 e. The SMILES string of the molecule is O=C1Cc2c(Cl)cccc2CN1Cc1cnc[nH]1. The van der Waals surface area contributed by atoms with Crippen LogP contribution in [0.4, 0.5) is 0 Å². The summed E-state index contributed by atoms with van der Waals surface area (Å²) in [5, 5.41) is 0.682.